The summed E-state index contributed by atoms with van der Waals surface area (Å²) < 4.78 is 0. The topological polar surface area (TPSA) is 75.4 Å². The molecule has 4 rings (SSSR count). The maximum atomic E-state index is 13.4. The summed E-state index contributed by atoms with van der Waals surface area (Å²) in [6.45, 7) is 3.59. The summed E-state index contributed by atoms with van der Waals surface area (Å²) in [7, 11) is 0. The molecule has 2 atom stereocenters. The summed E-state index contributed by atoms with van der Waals surface area (Å²) in [4.78, 5) is 26.6. The number of hydrogen-bond donors (Lipinski definition) is 1. The van der Waals surface area contributed by atoms with Crippen LogP contribution in [0.15, 0.2) is 53.9 Å². The fourth-order valence-electron chi connectivity index (χ4n) is 4.52. The van der Waals surface area contributed by atoms with Gasteiger partial charge in [0.2, 0.25) is 5.91 Å². The Morgan fingerprint density at radius 3 is 2.74 bits per heavy atom. The van der Waals surface area contributed by atoms with Crippen LogP contribution in [0.1, 0.15) is 25.7 Å². The minimum atomic E-state index is 0.00917. The van der Waals surface area contributed by atoms with Gasteiger partial charge >= 0.3 is 0 Å². The first kappa shape index (κ1) is 21.8. The van der Waals surface area contributed by atoms with Gasteiger partial charge in [0.1, 0.15) is 12.1 Å². The van der Waals surface area contributed by atoms with Crippen LogP contribution >= 0.6 is 11.6 Å². The summed E-state index contributed by atoms with van der Waals surface area (Å²) in [5, 5.41) is 1.84. The van der Waals surface area contributed by atoms with E-state index in [9.17, 15) is 4.79 Å². The van der Waals surface area contributed by atoms with E-state index in [1.54, 1.807) is 6.33 Å². The number of benzene rings is 1. The monoisotopic (exact) mass is 439 g/mol. The molecule has 0 saturated carbocycles. The van der Waals surface area contributed by atoms with Crippen LogP contribution in [-0.4, -0.2) is 53.5 Å². The number of piperazine rings is 1. The zero-order valence-electron chi connectivity index (χ0n) is 17.8. The molecular formula is C24H30ClN5O. The number of allylic oxidation sites excluding steroid dienone is 4. The molecule has 0 spiro atoms. The third kappa shape index (κ3) is 5.25. The highest BCUT2D eigenvalue weighted by atomic mass is 35.5. The third-order valence-electron chi connectivity index (χ3n) is 6.25. The molecule has 31 heavy (non-hydrogen) atoms. The van der Waals surface area contributed by atoms with Crippen LogP contribution in [0.2, 0.25) is 0 Å². The Bertz CT molecular complexity index is 962. The molecular weight excluding hydrogens is 410 g/mol. The molecule has 2 N–H and O–H groups in total. The third-order valence-corrected chi connectivity index (χ3v) is 6.53. The number of carbonyl (C=O) groups is 1. The van der Waals surface area contributed by atoms with Crippen LogP contribution in [0, 0.1) is 11.8 Å². The number of fused-ring (bicyclic) bond motifs is 1. The predicted molar refractivity (Wildman–Crippen MR) is 126 cm³/mol. The SMILES string of the molecule is NCCCC(CC1C=CC(Cl)=CC1)C(=O)N1CCN(c2ncnc3ccccc23)CC1. The molecule has 1 aliphatic heterocycles. The van der Waals surface area contributed by atoms with E-state index in [0.717, 1.165) is 60.5 Å². The maximum absolute atomic E-state index is 13.4. The average molecular weight is 440 g/mol. The Labute approximate surface area is 188 Å². The molecule has 1 saturated heterocycles. The smallest absolute Gasteiger partial charge is 0.225 e. The Kier molecular flexibility index (Phi) is 7.20. The molecule has 164 valence electrons. The van der Waals surface area contributed by atoms with E-state index in [1.165, 1.54) is 0 Å². The van der Waals surface area contributed by atoms with Crippen LogP contribution in [0.5, 0.6) is 0 Å². The van der Waals surface area contributed by atoms with E-state index < -0.39 is 0 Å². The van der Waals surface area contributed by atoms with Gasteiger partial charge in [-0.05, 0) is 56.4 Å². The summed E-state index contributed by atoms with van der Waals surface area (Å²) >= 11 is 6.06. The molecule has 7 heteroatoms. The minimum Gasteiger partial charge on any atom is -0.352 e. The van der Waals surface area contributed by atoms with Crippen LogP contribution in [0.25, 0.3) is 10.9 Å². The lowest BCUT2D eigenvalue weighted by molar-refractivity contribution is -0.136. The van der Waals surface area contributed by atoms with Crippen LogP contribution in [0.3, 0.4) is 0 Å². The van der Waals surface area contributed by atoms with E-state index in [-0.39, 0.29) is 11.8 Å². The zero-order chi connectivity index (χ0) is 21.6. The fraction of sp³-hybridized carbons (Fsp3) is 0.458. The second-order valence-corrected chi connectivity index (χ2v) is 8.77. The average Bonchev–Trinajstić information content (AvgIpc) is 2.82. The molecule has 1 aromatic heterocycles. The van der Waals surface area contributed by atoms with Crippen molar-refractivity contribution in [3.63, 3.8) is 0 Å². The first-order chi connectivity index (χ1) is 15.2. The van der Waals surface area contributed by atoms with Gasteiger partial charge in [-0.3, -0.25) is 4.79 Å². The molecule has 6 nitrogen and oxygen atoms in total. The van der Waals surface area contributed by atoms with E-state index in [0.29, 0.717) is 25.6 Å². The number of halogens is 1. The normalized spacial score (nSPS) is 20.1. The highest BCUT2D eigenvalue weighted by Gasteiger charge is 2.29. The number of rotatable bonds is 7. The minimum absolute atomic E-state index is 0.00917. The van der Waals surface area contributed by atoms with Gasteiger partial charge in [0, 0.05) is 42.5 Å². The van der Waals surface area contributed by atoms with Crippen molar-refractivity contribution in [2.45, 2.75) is 25.7 Å². The van der Waals surface area contributed by atoms with Crippen molar-refractivity contribution in [2.24, 2.45) is 17.6 Å². The van der Waals surface area contributed by atoms with E-state index in [4.69, 9.17) is 17.3 Å². The van der Waals surface area contributed by atoms with Gasteiger partial charge in [0.25, 0.3) is 0 Å². The van der Waals surface area contributed by atoms with Gasteiger partial charge in [-0.15, -0.1) is 0 Å². The van der Waals surface area contributed by atoms with Crippen molar-refractivity contribution in [3.8, 4) is 0 Å². The van der Waals surface area contributed by atoms with Gasteiger partial charge in [0.05, 0.1) is 5.52 Å². The van der Waals surface area contributed by atoms with Gasteiger partial charge in [-0.2, -0.15) is 0 Å². The first-order valence-corrected chi connectivity index (χ1v) is 11.5. The summed E-state index contributed by atoms with van der Waals surface area (Å²) in [5.74, 6) is 1.58. The zero-order valence-corrected chi connectivity index (χ0v) is 18.5. The van der Waals surface area contributed by atoms with Gasteiger partial charge in [0.15, 0.2) is 0 Å². The van der Waals surface area contributed by atoms with Gasteiger partial charge in [-0.1, -0.05) is 35.9 Å². The van der Waals surface area contributed by atoms with E-state index >= 15 is 0 Å². The molecule has 2 unspecified atom stereocenters. The number of aromatic nitrogens is 2. The number of carbonyl (C=O) groups excluding carboxylic acids is 1. The van der Waals surface area contributed by atoms with Crippen molar-refractivity contribution in [1.29, 1.82) is 0 Å². The maximum Gasteiger partial charge on any atom is 0.225 e. The van der Waals surface area contributed by atoms with Crippen LogP contribution < -0.4 is 10.6 Å². The molecule has 1 amide bonds. The molecule has 0 bridgehead atoms. The van der Waals surface area contributed by atoms with Crippen molar-refractivity contribution in [3.05, 3.63) is 53.9 Å². The quantitative estimate of drug-likeness (QED) is 0.711. The lowest BCUT2D eigenvalue weighted by atomic mass is 9.86. The molecule has 1 aliphatic carbocycles. The molecule has 2 aliphatic rings. The van der Waals surface area contributed by atoms with Gasteiger partial charge < -0.3 is 15.5 Å². The summed E-state index contributed by atoms with van der Waals surface area (Å²) in [6, 6.07) is 8.06. The molecule has 1 fully saturated rings. The van der Waals surface area contributed by atoms with E-state index in [2.05, 4.69) is 27.0 Å². The number of amides is 1. The first-order valence-electron chi connectivity index (χ1n) is 11.1. The van der Waals surface area contributed by atoms with Crippen molar-refractivity contribution in [1.82, 2.24) is 14.9 Å². The summed E-state index contributed by atoms with van der Waals surface area (Å²) in [5.41, 5.74) is 6.70. The number of para-hydroxylation sites is 1. The predicted octanol–water partition coefficient (Wildman–Crippen LogP) is 3.72. The standard InChI is InChI=1S/C24H30ClN5O/c25-20-9-7-18(8-10-20)16-19(4-3-11-26)24(31)30-14-12-29(13-15-30)23-21-5-1-2-6-22(21)27-17-28-23/h1-2,5-7,9-10,17-19H,3-4,8,11-16,26H2. The highest BCUT2D eigenvalue weighted by Crippen LogP contribution is 2.29. The molecule has 2 heterocycles. The lowest BCUT2D eigenvalue weighted by Crippen LogP contribution is -2.51. The van der Waals surface area contributed by atoms with Gasteiger partial charge in [-0.25, -0.2) is 9.97 Å². The number of nitrogens with two attached hydrogens (primary N) is 1. The Morgan fingerprint density at radius 2 is 2.00 bits per heavy atom. The molecule has 0 radical (unpaired) electrons. The van der Waals surface area contributed by atoms with Crippen LogP contribution in [-0.2, 0) is 4.79 Å². The van der Waals surface area contributed by atoms with Crippen molar-refractivity contribution in [2.75, 3.05) is 37.6 Å². The number of nitrogens with zero attached hydrogens (tertiary/aromatic N) is 4. The highest BCUT2D eigenvalue weighted by molar-refractivity contribution is 6.31. The number of anilines is 1. The summed E-state index contributed by atoms with van der Waals surface area (Å²) in [6.07, 6.45) is 11.2. The molecule has 2 aromatic rings. The second-order valence-electron chi connectivity index (χ2n) is 8.33. The van der Waals surface area contributed by atoms with E-state index in [1.807, 2.05) is 35.3 Å². The van der Waals surface area contributed by atoms with Crippen molar-refractivity contribution >= 4 is 34.2 Å². The Morgan fingerprint density at radius 1 is 1.19 bits per heavy atom. The Balaban J connectivity index is 1.40. The van der Waals surface area contributed by atoms with Crippen LogP contribution in [0.4, 0.5) is 5.82 Å². The Hall–Kier alpha value is -2.44. The second kappa shape index (κ2) is 10.2. The largest absolute Gasteiger partial charge is 0.352 e. The number of hydrogen-bond acceptors (Lipinski definition) is 5. The van der Waals surface area contributed by atoms with Crippen molar-refractivity contribution < 1.29 is 4.79 Å². The molecule has 1 aromatic carbocycles. The lowest BCUT2D eigenvalue weighted by Gasteiger charge is -2.37. The fourth-order valence-corrected chi connectivity index (χ4v) is 4.69.